The quantitative estimate of drug-likeness (QED) is 0.756. The van der Waals surface area contributed by atoms with E-state index in [9.17, 15) is 4.79 Å². The molecule has 1 saturated carbocycles. The number of rotatable bonds is 4. The first-order valence-electron chi connectivity index (χ1n) is 7.43. The van der Waals surface area contributed by atoms with Crippen LogP contribution in [-0.2, 0) is 11.2 Å². The van der Waals surface area contributed by atoms with Gasteiger partial charge in [-0.3, -0.25) is 4.79 Å². The number of halogens is 1. The summed E-state index contributed by atoms with van der Waals surface area (Å²) >= 11 is 0. The van der Waals surface area contributed by atoms with Crippen molar-refractivity contribution in [3.63, 3.8) is 0 Å². The van der Waals surface area contributed by atoms with Crippen molar-refractivity contribution in [2.24, 2.45) is 11.8 Å². The molecule has 1 saturated heterocycles. The summed E-state index contributed by atoms with van der Waals surface area (Å²) in [6.45, 7) is 0.683. The molecule has 1 aliphatic carbocycles. The Morgan fingerprint density at radius 2 is 2.33 bits per heavy atom. The summed E-state index contributed by atoms with van der Waals surface area (Å²) in [5.41, 5.74) is -1.23. The third-order valence-electron chi connectivity index (χ3n) is 4.91. The van der Waals surface area contributed by atoms with Gasteiger partial charge in [-0.1, -0.05) is 5.21 Å². The van der Waals surface area contributed by atoms with E-state index in [1.54, 1.807) is 0 Å². The Bertz CT molecular complexity index is 497. The van der Waals surface area contributed by atoms with Gasteiger partial charge in [0.1, 0.15) is 11.7 Å². The van der Waals surface area contributed by atoms with Gasteiger partial charge in [-0.25, -0.2) is 4.39 Å². The lowest BCUT2D eigenvalue weighted by molar-refractivity contribution is -0.141. The number of aliphatic carboxylic acids is 1. The Morgan fingerprint density at radius 1 is 1.48 bits per heavy atom. The number of carboxylic acid groups (broad SMARTS) is 1. The highest BCUT2D eigenvalue weighted by Gasteiger charge is 2.44. The van der Waals surface area contributed by atoms with E-state index in [2.05, 4.69) is 25.9 Å². The first kappa shape index (κ1) is 14.4. The van der Waals surface area contributed by atoms with Gasteiger partial charge in [-0.2, -0.15) is 5.21 Å². The molecule has 4 atom stereocenters. The van der Waals surface area contributed by atoms with Crippen molar-refractivity contribution in [2.75, 3.05) is 6.54 Å². The maximum absolute atomic E-state index is 15.0. The summed E-state index contributed by atoms with van der Waals surface area (Å²) in [4.78, 5) is 11.1. The minimum Gasteiger partial charge on any atom is -0.480 e. The topological polar surface area (TPSA) is 104 Å². The number of carbonyl (C=O) groups is 1. The number of tetrazole rings is 1. The van der Waals surface area contributed by atoms with E-state index < -0.39 is 17.7 Å². The lowest BCUT2D eigenvalue weighted by atomic mass is 9.67. The van der Waals surface area contributed by atoms with Crippen molar-refractivity contribution in [3.8, 4) is 0 Å². The van der Waals surface area contributed by atoms with Gasteiger partial charge >= 0.3 is 5.97 Å². The largest absolute Gasteiger partial charge is 0.480 e. The Labute approximate surface area is 121 Å². The highest BCUT2D eigenvalue weighted by atomic mass is 19.1. The van der Waals surface area contributed by atoms with Crippen molar-refractivity contribution in [2.45, 2.75) is 50.2 Å². The second-order valence-electron chi connectivity index (χ2n) is 6.28. The molecule has 2 fully saturated rings. The fourth-order valence-corrected chi connectivity index (χ4v) is 3.68. The number of carboxylic acids is 1. The third-order valence-corrected chi connectivity index (χ3v) is 4.91. The molecule has 0 amide bonds. The number of nitrogens with zero attached hydrogens (tertiary/aromatic N) is 3. The second-order valence-corrected chi connectivity index (χ2v) is 6.28. The molecular weight excluding hydrogens is 277 g/mol. The highest BCUT2D eigenvalue weighted by molar-refractivity contribution is 5.73. The van der Waals surface area contributed by atoms with Crippen LogP contribution in [0.15, 0.2) is 0 Å². The molecule has 0 aromatic carbocycles. The SMILES string of the molecule is O=C(O)[C@@H]1C[C@H]2C[C@@](F)(CCc3nn[nH]n3)CC[C@H]2CN1. The molecule has 2 aliphatic rings. The predicted octanol–water partition coefficient (Wildman–Crippen LogP) is 0.703. The lowest BCUT2D eigenvalue weighted by Gasteiger charge is -2.44. The summed E-state index contributed by atoms with van der Waals surface area (Å²) in [7, 11) is 0. The van der Waals surface area contributed by atoms with Crippen LogP contribution in [0.3, 0.4) is 0 Å². The average molecular weight is 297 g/mol. The number of alkyl halides is 1. The smallest absolute Gasteiger partial charge is 0.320 e. The monoisotopic (exact) mass is 297 g/mol. The summed E-state index contributed by atoms with van der Waals surface area (Å²) in [5, 5.41) is 25.7. The van der Waals surface area contributed by atoms with Crippen molar-refractivity contribution in [1.29, 1.82) is 0 Å². The number of fused-ring (bicyclic) bond motifs is 1. The Kier molecular flexibility index (Phi) is 3.88. The van der Waals surface area contributed by atoms with E-state index in [1.807, 2.05) is 0 Å². The van der Waals surface area contributed by atoms with Gasteiger partial charge in [0.15, 0.2) is 5.82 Å². The van der Waals surface area contributed by atoms with E-state index in [0.717, 1.165) is 6.42 Å². The fraction of sp³-hybridized carbons (Fsp3) is 0.846. The first-order valence-corrected chi connectivity index (χ1v) is 7.43. The van der Waals surface area contributed by atoms with Crippen LogP contribution in [0.25, 0.3) is 0 Å². The standard InChI is InChI=1S/C13H20FN5O2/c14-13(4-2-11-16-18-19-17-11)3-1-8-7-15-10(12(20)21)5-9(8)6-13/h8-10,15H,1-7H2,(H,20,21)(H,16,17,18,19)/t8-,9-,10-,13-/m0/s1. The number of hydrogen-bond donors (Lipinski definition) is 3. The Morgan fingerprint density at radius 3 is 3.05 bits per heavy atom. The van der Waals surface area contributed by atoms with Crippen molar-refractivity contribution in [3.05, 3.63) is 5.82 Å². The van der Waals surface area contributed by atoms with Crippen LogP contribution in [-0.4, -0.2) is 50.0 Å². The van der Waals surface area contributed by atoms with Crippen LogP contribution in [0.5, 0.6) is 0 Å². The molecule has 2 heterocycles. The zero-order valence-electron chi connectivity index (χ0n) is 11.8. The van der Waals surface area contributed by atoms with E-state index in [4.69, 9.17) is 5.11 Å². The highest BCUT2D eigenvalue weighted by Crippen LogP contribution is 2.44. The van der Waals surface area contributed by atoms with Gasteiger partial charge in [0.05, 0.1) is 0 Å². The summed E-state index contributed by atoms with van der Waals surface area (Å²) in [6, 6.07) is -0.536. The van der Waals surface area contributed by atoms with E-state index in [1.165, 1.54) is 0 Å². The van der Waals surface area contributed by atoms with Crippen LogP contribution >= 0.6 is 0 Å². The van der Waals surface area contributed by atoms with E-state index in [0.29, 0.717) is 50.4 Å². The van der Waals surface area contributed by atoms with Gasteiger partial charge in [0, 0.05) is 6.42 Å². The predicted molar refractivity (Wildman–Crippen MR) is 71.2 cm³/mol. The number of hydrogen-bond acceptors (Lipinski definition) is 5. The van der Waals surface area contributed by atoms with E-state index in [-0.39, 0.29) is 5.92 Å². The molecule has 0 bridgehead atoms. The van der Waals surface area contributed by atoms with Crippen molar-refractivity contribution in [1.82, 2.24) is 25.9 Å². The molecule has 0 radical (unpaired) electrons. The molecule has 0 spiro atoms. The second kappa shape index (κ2) is 5.67. The van der Waals surface area contributed by atoms with Crippen LogP contribution in [0, 0.1) is 11.8 Å². The molecule has 116 valence electrons. The van der Waals surface area contributed by atoms with Gasteiger partial charge < -0.3 is 10.4 Å². The zero-order chi connectivity index (χ0) is 14.9. The fourth-order valence-electron chi connectivity index (χ4n) is 3.68. The average Bonchev–Trinajstić information content (AvgIpc) is 2.98. The molecule has 3 N–H and O–H groups in total. The number of piperidine rings is 1. The molecule has 21 heavy (non-hydrogen) atoms. The number of nitrogens with one attached hydrogen (secondary N) is 2. The van der Waals surface area contributed by atoms with Crippen LogP contribution < -0.4 is 5.32 Å². The number of aryl methyl sites for hydroxylation is 1. The zero-order valence-corrected chi connectivity index (χ0v) is 11.8. The first-order chi connectivity index (χ1) is 10.1. The molecule has 1 aliphatic heterocycles. The molecule has 7 nitrogen and oxygen atoms in total. The lowest BCUT2D eigenvalue weighted by Crippen LogP contribution is -2.51. The molecule has 1 aromatic rings. The minimum atomic E-state index is -1.23. The maximum Gasteiger partial charge on any atom is 0.320 e. The molecule has 0 unspecified atom stereocenters. The van der Waals surface area contributed by atoms with Gasteiger partial charge in [0.25, 0.3) is 0 Å². The third kappa shape index (κ3) is 3.20. The number of aromatic nitrogens is 4. The van der Waals surface area contributed by atoms with Gasteiger partial charge in [-0.05, 0) is 50.5 Å². The molecule has 3 rings (SSSR count). The van der Waals surface area contributed by atoms with Crippen LogP contribution in [0.2, 0.25) is 0 Å². The van der Waals surface area contributed by atoms with Crippen molar-refractivity contribution < 1.29 is 14.3 Å². The maximum atomic E-state index is 15.0. The summed E-state index contributed by atoms with van der Waals surface area (Å²) < 4.78 is 15.0. The normalized spacial score (nSPS) is 36.1. The molecule has 1 aromatic heterocycles. The van der Waals surface area contributed by atoms with Crippen LogP contribution in [0.4, 0.5) is 4.39 Å². The number of aromatic amines is 1. The number of H-pyrrole nitrogens is 1. The van der Waals surface area contributed by atoms with Gasteiger partial charge in [0.2, 0.25) is 0 Å². The van der Waals surface area contributed by atoms with Gasteiger partial charge in [-0.15, -0.1) is 10.2 Å². The molecular formula is C13H20FN5O2. The summed E-state index contributed by atoms with van der Waals surface area (Å²) in [6.07, 6.45) is 3.15. The molecule has 8 heteroatoms. The van der Waals surface area contributed by atoms with Crippen molar-refractivity contribution >= 4 is 5.97 Å². The Balaban J connectivity index is 1.59. The summed E-state index contributed by atoms with van der Waals surface area (Å²) in [5.74, 6) is 0.240. The minimum absolute atomic E-state index is 0.149. The van der Waals surface area contributed by atoms with E-state index >= 15 is 4.39 Å². The Hall–Kier alpha value is -1.57. The van der Waals surface area contributed by atoms with Crippen LogP contribution in [0.1, 0.15) is 37.9 Å².